The van der Waals surface area contributed by atoms with Gasteiger partial charge in [-0.25, -0.2) is 0 Å². The summed E-state index contributed by atoms with van der Waals surface area (Å²) in [7, 11) is 0. The normalized spacial score (nSPS) is 9.30. The van der Waals surface area contributed by atoms with Crippen LogP contribution in [0.2, 0.25) is 0 Å². The molecule has 1 rings (SSSR count). The van der Waals surface area contributed by atoms with Crippen molar-refractivity contribution in [1.82, 2.24) is 4.98 Å². The van der Waals surface area contributed by atoms with Gasteiger partial charge in [0, 0.05) is 6.20 Å². The molecule has 0 aliphatic carbocycles. The lowest BCUT2D eigenvalue weighted by atomic mass is 10.3. The smallest absolute Gasteiger partial charge is 0.125 e. The number of anilines is 1. The highest BCUT2D eigenvalue weighted by Gasteiger charge is 2.00. The van der Waals surface area contributed by atoms with E-state index < -0.39 is 0 Å². The van der Waals surface area contributed by atoms with Gasteiger partial charge in [-0.15, -0.1) is 0 Å². The molecule has 1 heterocycles. The molecule has 4 heteroatoms. The third-order valence-corrected chi connectivity index (χ3v) is 1.42. The van der Waals surface area contributed by atoms with E-state index in [4.69, 9.17) is 11.1 Å². The maximum absolute atomic E-state index is 7.15. The van der Waals surface area contributed by atoms with E-state index in [9.17, 15) is 0 Å². The van der Waals surface area contributed by atoms with E-state index in [1.54, 1.807) is 18.3 Å². The van der Waals surface area contributed by atoms with Crippen molar-refractivity contribution in [3.05, 3.63) is 24.0 Å². The number of halogens is 1. The molecule has 0 saturated heterocycles. The maximum Gasteiger partial charge on any atom is 0.125 e. The molecule has 0 saturated carbocycles. The quantitative estimate of drug-likeness (QED) is 0.672. The SMILES string of the molecule is N=C(Br)c1ncccc1N. The Morgan fingerprint density at radius 1 is 1.70 bits per heavy atom. The van der Waals surface area contributed by atoms with Crippen LogP contribution >= 0.6 is 15.9 Å². The first-order valence-corrected chi connectivity index (χ1v) is 3.46. The van der Waals surface area contributed by atoms with Crippen molar-refractivity contribution < 1.29 is 0 Å². The third-order valence-electron chi connectivity index (χ3n) is 1.05. The standard InChI is InChI=1S/C6H6BrN3/c7-6(9)5-4(8)2-1-3-10-5/h1-3,9H,8H2. The highest BCUT2D eigenvalue weighted by Crippen LogP contribution is 2.09. The van der Waals surface area contributed by atoms with Crippen molar-refractivity contribution in [1.29, 1.82) is 5.41 Å². The Labute approximate surface area is 66.9 Å². The number of aromatic nitrogens is 1. The lowest BCUT2D eigenvalue weighted by Crippen LogP contribution is -1.99. The summed E-state index contributed by atoms with van der Waals surface area (Å²) in [6.45, 7) is 0. The Kier molecular flexibility index (Phi) is 2.01. The number of hydrogen-bond acceptors (Lipinski definition) is 3. The average Bonchev–Trinajstić information content (AvgIpc) is 1.88. The molecular weight excluding hydrogens is 194 g/mol. The molecule has 1 aromatic heterocycles. The van der Waals surface area contributed by atoms with Crippen LogP contribution in [-0.2, 0) is 0 Å². The molecule has 0 aliphatic rings. The average molecular weight is 200 g/mol. The Morgan fingerprint density at radius 2 is 2.40 bits per heavy atom. The molecule has 3 nitrogen and oxygen atoms in total. The number of nitrogens with two attached hydrogens (primary N) is 1. The first-order chi connectivity index (χ1) is 4.72. The van der Waals surface area contributed by atoms with Crippen LogP contribution in [0.3, 0.4) is 0 Å². The summed E-state index contributed by atoms with van der Waals surface area (Å²) in [6.07, 6.45) is 1.60. The van der Waals surface area contributed by atoms with Crippen molar-refractivity contribution in [2.75, 3.05) is 5.73 Å². The number of nitrogens with one attached hydrogen (secondary N) is 1. The second kappa shape index (κ2) is 2.79. The number of hydrogen-bond donors (Lipinski definition) is 2. The summed E-state index contributed by atoms with van der Waals surface area (Å²) in [5.74, 6) is 0. The Bertz CT molecular complexity index is 259. The number of pyridine rings is 1. The van der Waals surface area contributed by atoms with Gasteiger partial charge in [0.1, 0.15) is 10.3 Å². The molecule has 3 N–H and O–H groups in total. The maximum atomic E-state index is 7.15. The fourth-order valence-corrected chi connectivity index (χ4v) is 0.932. The van der Waals surface area contributed by atoms with Crippen LogP contribution in [0.25, 0.3) is 0 Å². The predicted molar refractivity (Wildman–Crippen MR) is 44.4 cm³/mol. The molecule has 0 amide bonds. The lowest BCUT2D eigenvalue weighted by Gasteiger charge is -1.97. The van der Waals surface area contributed by atoms with Gasteiger partial charge in [-0.05, 0) is 28.1 Å². The van der Waals surface area contributed by atoms with Crippen molar-refractivity contribution in [2.24, 2.45) is 0 Å². The van der Waals surface area contributed by atoms with Crippen LogP contribution < -0.4 is 5.73 Å². The van der Waals surface area contributed by atoms with Gasteiger partial charge in [-0.1, -0.05) is 0 Å². The van der Waals surface area contributed by atoms with Crippen LogP contribution in [0.5, 0.6) is 0 Å². The zero-order valence-corrected chi connectivity index (χ0v) is 6.72. The largest absolute Gasteiger partial charge is 0.397 e. The summed E-state index contributed by atoms with van der Waals surface area (Å²) in [6, 6.07) is 3.44. The molecule has 0 aliphatic heterocycles. The van der Waals surface area contributed by atoms with E-state index in [0.29, 0.717) is 11.4 Å². The third kappa shape index (κ3) is 1.33. The molecule has 52 valence electrons. The second-order valence-electron chi connectivity index (χ2n) is 1.76. The van der Waals surface area contributed by atoms with E-state index in [1.165, 1.54) is 0 Å². The van der Waals surface area contributed by atoms with Gasteiger partial charge in [0.05, 0.1) is 5.69 Å². The summed E-state index contributed by atoms with van der Waals surface area (Å²) < 4.78 is 0.214. The Hall–Kier alpha value is -0.900. The molecule has 0 atom stereocenters. The van der Waals surface area contributed by atoms with E-state index in [2.05, 4.69) is 20.9 Å². The van der Waals surface area contributed by atoms with E-state index in [-0.39, 0.29) is 4.62 Å². The summed E-state index contributed by atoms with van der Waals surface area (Å²) in [4.78, 5) is 3.88. The monoisotopic (exact) mass is 199 g/mol. The van der Waals surface area contributed by atoms with Gasteiger partial charge in [0.25, 0.3) is 0 Å². The second-order valence-corrected chi connectivity index (χ2v) is 2.55. The predicted octanol–water partition coefficient (Wildman–Crippen LogP) is 1.38. The highest BCUT2D eigenvalue weighted by atomic mass is 79.9. The molecule has 0 unspecified atom stereocenters. The molecule has 0 bridgehead atoms. The molecule has 0 aromatic carbocycles. The number of nitrogen functional groups attached to an aromatic ring is 1. The van der Waals surface area contributed by atoms with Gasteiger partial charge < -0.3 is 5.73 Å². The first-order valence-electron chi connectivity index (χ1n) is 2.66. The topological polar surface area (TPSA) is 62.8 Å². The van der Waals surface area contributed by atoms with Crippen molar-refractivity contribution in [3.63, 3.8) is 0 Å². The van der Waals surface area contributed by atoms with Crippen molar-refractivity contribution >= 4 is 26.2 Å². The van der Waals surface area contributed by atoms with Gasteiger partial charge in [0.2, 0.25) is 0 Å². The van der Waals surface area contributed by atoms with E-state index in [1.807, 2.05) is 0 Å². The molecule has 10 heavy (non-hydrogen) atoms. The molecule has 1 aromatic rings. The fourth-order valence-electron chi connectivity index (χ4n) is 0.601. The number of rotatable bonds is 1. The fraction of sp³-hybridized carbons (Fsp3) is 0. The molecule has 0 spiro atoms. The van der Waals surface area contributed by atoms with Crippen LogP contribution in [0.1, 0.15) is 5.69 Å². The molecular formula is C6H6BrN3. The van der Waals surface area contributed by atoms with Gasteiger partial charge in [0.15, 0.2) is 0 Å². The van der Waals surface area contributed by atoms with E-state index >= 15 is 0 Å². The minimum atomic E-state index is 0.214. The van der Waals surface area contributed by atoms with Crippen LogP contribution in [0.4, 0.5) is 5.69 Å². The van der Waals surface area contributed by atoms with Crippen molar-refractivity contribution in [3.8, 4) is 0 Å². The van der Waals surface area contributed by atoms with Gasteiger partial charge >= 0.3 is 0 Å². The minimum absolute atomic E-state index is 0.214. The number of nitrogens with zero attached hydrogens (tertiary/aromatic N) is 1. The highest BCUT2D eigenvalue weighted by molar-refractivity contribution is 9.18. The summed E-state index contributed by atoms with van der Waals surface area (Å²) in [5, 5.41) is 7.15. The van der Waals surface area contributed by atoms with Gasteiger partial charge in [-0.3, -0.25) is 10.4 Å². The Morgan fingerprint density at radius 3 is 2.80 bits per heavy atom. The zero-order valence-electron chi connectivity index (χ0n) is 5.13. The Balaban J connectivity index is 3.15. The van der Waals surface area contributed by atoms with Crippen LogP contribution in [0, 0.1) is 5.41 Å². The molecule has 0 fully saturated rings. The van der Waals surface area contributed by atoms with Crippen LogP contribution in [-0.4, -0.2) is 9.60 Å². The lowest BCUT2D eigenvalue weighted by molar-refractivity contribution is 1.29. The molecule has 0 radical (unpaired) electrons. The first kappa shape index (κ1) is 7.21. The van der Waals surface area contributed by atoms with Crippen LogP contribution in [0.15, 0.2) is 18.3 Å². The van der Waals surface area contributed by atoms with Crippen molar-refractivity contribution in [2.45, 2.75) is 0 Å². The van der Waals surface area contributed by atoms with E-state index in [0.717, 1.165) is 0 Å². The van der Waals surface area contributed by atoms with Gasteiger partial charge in [-0.2, -0.15) is 0 Å². The summed E-state index contributed by atoms with van der Waals surface area (Å²) >= 11 is 2.97. The summed E-state index contributed by atoms with van der Waals surface area (Å²) in [5.41, 5.74) is 6.49. The minimum Gasteiger partial charge on any atom is -0.397 e. The zero-order chi connectivity index (χ0) is 7.56.